The number of amidine groups is 1. The Morgan fingerprint density at radius 3 is 1.73 bits per heavy atom. The monoisotopic (exact) mass is 356 g/mol. The molecule has 0 fully saturated rings. The molecule has 6 nitrogen and oxygen atoms in total. The van der Waals surface area contributed by atoms with Gasteiger partial charge >= 0.3 is 0 Å². The van der Waals surface area contributed by atoms with Gasteiger partial charge in [0.2, 0.25) is 0 Å². The summed E-state index contributed by atoms with van der Waals surface area (Å²) in [4.78, 5) is 0. The second-order valence-electron chi connectivity index (χ2n) is 5.41. The van der Waals surface area contributed by atoms with Crippen LogP contribution in [0.3, 0.4) is 0 Å². The third-order valence-corrected chi connectivity index (χ3v) is 3.54. The molecule has 0 saturated heterocycles. The molecule has 6 heteroatoms. The normalized spacial score (nSPS) is 9.62. The number of unbranched alkanes of at least 4 members (excludes halogenated alkanes) is 2. The van der Waals surface area contributed by atoms with E-state index in [1.54, 1.807) is 12.1 Å². The summed E-state index contributed by atoms with van der Waals surface area (Å²) in [5.41, 5.74) is 11.5. The van der Waals surface area contributed by atoms with E-state index in [-0.39, 0.29) is 5.84 Å². The number of nitrogens with two attached hydrogens (primary N) is 2. The lowest BCUT2D eigenvalue weighted by atomic mass is 10.2. The number of hydrogen-bond acceptors (Lipinski definition) is 5. The molecule has 0 aliphatic rings. The molecule has 0 saturated carbocycles. The van der Waals surface area contributed by atoms with E-state index in [0.29, 0.717) is 18.8 Å². The highest BCUT2D eigenvalue weighted by atomic mass is 16.5. The van der Waals surface area contributed by atoms with Crippen LogP contribution in [0, 0.1) is 10.8 Å². The van der Waals surface area contributed by atoms with Gasteiger partial charge in [-0.25, -0.2) is 0 Å². The molecule has 0 aliphatic heterocycles. The number of hydrogen-bond donors (Lipinski definition) is 4. The molecule has 0 atom stereocenters. The Balaban J connectivity index is 0.00000163. The average molecular weight is 356 g/mol. The zero-order valence-corrected chi connectivity index (χ0v) is 15.2. The van der Waals surface area contributed by atoms with Gasteiger partial charge in [-0.1, -0.05) is 0 Å². The van der Waals surface area contributed by atoms with E-state index in [0.717, 1.165) is 36.3 Å². The lowest BCUT2D eigenvalue weighted by Crippen LogP contribution is -2.10. The molecule has 0 bridgehead atoms. The number of rotatable bonds is 10. The van der Waals surface area contributed by atoms with Crippen molar-refractivity contribution in [3.63, 3.8) is 0 Å². The molecular formula is C20H28N4O2. The molecule has 0 heterocycles. The first kappa shape index (κ1) is 21.2. The maximum Gasteiger partial charge on any atom is 0.122 e. The fourth-order valence-electron chi connectivity index (χ4n) is 2.15. The third kappa shape index (κ3) is 7.81. The van der Waals surface area contributed by atoms with Crippen molar-refractivity contribution in [3.8, 4) is 11.5 Å². The Kier molecular flexibility index (Phi) is 10.2. The van der Waals surface area contributed by atoms with Crippen LogP contribution in [0.4, 0.5) is 0 Å². The summed E-state index contributed by atoms with van der Waals surface area (Å²) < 4.78 is 11.3. The summed E-state index contributed by atoms with van der Waals surface area (Å²) in [6.07, 6.45) is 4.28. The fourth-order valence-corrected chi connectivity index (χ4v) is 2.15. The second kappa shape index (κ2) is 12.5. The number of benzene rings is 2. The largest absolute Gasteiger partial charge is 0.494 e. The van der Waals surface area contributed by atoms with Crippen LogP contribution in [0.1, 0.15) is 30.4 Å². The van der Waals surface area contributed by atoms with Gasteiger partial charge in [0.1, 0.15) is 17.3 Å². The summed E-state index contributed by atoms with van der Waals surface area (Å²) >= 11 is 0. The molecule has 0 spiro atoms. The highest BCUT2D eigenvalue weighted by Gasteiger charge is 1.98. The lowest BCUT2D eigenvalue weighted by Gasteiger charge is -2.08. The standard InChI is InChI=1S/C19H23N3O2.CH5N/c20-14-15-4-8-17(9-5-15)23-12-2-1-3-13-24-18-10-6-16(7-11-18)19(21)22;1-2/h4-11,14,20H,1-3,12-13H2,(H3,21,22);2H2,1H3. The summed E-state index contributed by atoms with van der Waals surface area (Å²) in [5.74, 6) is 1.69. The van der Waals surface area contributed by atoms with Gasteiger partial charge < -0.3 is 26.4 Å². The first-order chi connectivity index (χ1) is 12.7. The minimum atomic E-state index is 0.0639. The highest BCUT2D eigenvalue weighted by Crippen LogP contribution is 2.13. The summed E-state index contributed by atoms with van der Waals surface area (Å²) in [6.45, 7) is 1.34. The van der Waals surface area contributed by atoms with E-state index < -0.39 is 0 Å². The fraction of sp³-hybridized carbons (Fsp3) is 0.300. The first-order valence-corrected chi connectivity index (χ1v) is 8.57. The maximum absolute atomic E-state index is 7.34. The quantitative estimate of drug-likeness (QED) is 0.297. The minimum Gasteiger partial charge on any atom is -0.494 e. The zero-order chi connectivity index (χ0) is 19.2. The van der Waals surface area contributed by atoms with Gasteiger partial charge in [0.25, 0.3) is 0 Å². The van der Waals surface area contributed by atoms with Gasteiger partial charge in [-0.2, -0.15) is 0 Å². The Bertz CT molecular complexity index is 655. The van der Waals surface area contributed by atoms with Crippen LogP contribution in [-0.4, -0.2) is 32.3 Å². The van der Waals surface area contributed by atoms with Crippen molar-refractivity contribution in [3.05, 3.63) is 59.7 Å². The van der Waals surface area contributed by atoms with Crippen LogP contribution in [-0.2, 0) is 0 Å². The van der Waals surface area contributed by atoms with Crippen LogP contribution < -0.4 is 20.9 Å². The van der Waals surface area contributed by atoms with Gasteiger partial charge in [-0.05, 0) is 80.4 Å². The number of nitrogens with one attached hydrogen (secondary N) is 2. The van der Waals surface area contributed by atoms with E-state index in [1.165, 1.54) is 13.3 Å². The summed E-state index contributed by atoms with van der Waals surface area (Å²) in [5, 5.41) is 14.5. The molecule has 2 rings (SSSR count). The number of ether oxygens (including phenoxy) is 2. The molecule has 2 aromatic carbocycles. The Labute approximate surface area is 155 Å². The van der Waals surface area contributed by atoms with Gasteiger partial charge in [0.05, 0.1) is 13.2 Å². The molecule has 0 radical (unpaired) electrons. The van der Waals surface area contributed by atoms with E-state index in [2.05, 4.69) is 5.73 Å². The van der Waals surface area contributed by atoms with Crippen LogP contribution >= 0.6 is 0 Å². The highest BCUT2D eigenvalue weighted by molar-refractivity contribution is 5.94. The summed E-state index contributed by atoms with van der Waals surface area (Å²) in [7, 11) is 1.50. The lowest BCUT2D eigenvalue weighted by molar-refractivity contribution is 0.279. The van der Waals surface area contributed by atoms with Crippen molar-refractivity contribution < 1.29 is 9.47 Å². The van der Waals surface area contributed by atoms with Crippen LogP contribution in [0.2, 0.25) is 0 Å². The Hall–Kier alpha value is -2.86. The van der Waals surface area contributed by atoms with Gasteiger partial charge in [-0.15, -0.1) is 0 Å². The molecular weight excluding hydrogens is 328 g/mol. The SMILES string of the molecule is CN.N=Cc1ccc(OCCCCCOc2ccc(C(=N)N)cc2)cc1. The molecule has 0 unspecified atom stereocenters. The van der Waals surface area contributed by atoms with E-state index in [1.807, 2.05) is 36.4 Å². The molecule has 26 heavy (non-hydrogen) atoms. The van der Waals surface area contributed by atoms with Gasteiger partial charge in [0.15, 0.2) is 0 Å². The van der Waals surface area contributed by atoms with Crippen molar-refractivity contribution in [2.75, 3.05) is 20.3 Å². The van der Waals surface area contributed by atoms with E-state index in [4.69, 9.17) is 26.0 Å². The van der Waals surface area contributed by atoms with Crippen molar-refractivity contribution >= 4 is 12.1 Å². The molecule has 140 valence electrons. The topological polar surface area (TPSA) is 118 Å². The zero-order valence-electron chi connectivity index (χ0n) is 15.2. The van der Waals surface area contributed by atoms with Crippen LogP contribution in [0.5, 0.6) is 11.5 Å². The Morgan fingerprint density at radius 2 is 1.31 bits per heavy atom. The van der Waals surface area contributed by atoms with Crippen molar-refractivity contribution in [1.29, 1.82) is 10.8 Å². The first-order valence-electron chi connectivity index (χ1n) is 8.57. The maximum atomic E-state index is 7.34. The molecule has 0 aliphatic carbocycles. The second-order valence-corrected chi connectivity index (χ2v) is 5.41. The predicted molar refractivity (Wildman–Crippen MR) is 107 cm³/mol. The predicted octanol–water partition coefficient (Wildman–Crippen LogP) is 3.17. The van der Waals surface area contributed by atoms with Gasteiger partial charge in [0, 0.05) is 11.8 Å². The molecule has 0 amide bonds. The van der Waals surface area contributed by atoms with Crippen molar-refractivity contribution in [1.82, 2.24) is 0 Å². The van der Waals surface area contributed by atoms with Crippen LogP contribution in [0.15, 0.2) is 48.5 Å². The Morgan fingerprint density at radius 1 is 0.846 bits per heavy atom. The van der Waals surface area contributed by atoms with Crippen LogP contribution in [0.25, 0.3) is 0 Å². The molecule has 2 aromatic rings. The van der Waals surface area contributed by atoms with E-state index >= 15 is 0 Å². The molecule has 6 N–H and O–H groups in total. The molecule has 0 aromatic heterocycles. The average Bonchev–Trinajstić information content (AvgIpc) is 2.69. The van der Waals surface area contributed by atoms with Gasteiger partial charge in [-0.3, -0.25) is 5.41 Å². The van der Waals surface area contributed by atoms with Crippen molar-refractivity contribution in [2.24, 2.45) is 11.5 Å². The van der Waals surface area contributed by atoms with Crippen molar-refractivity contribution in [2.45, 2.75) is 19.3 Å². The smallest absolute Gasteiger partial charge is 0.122 e. The third-order valence-electron chi connectivity index (χ3n) is 3.54. The minimum absolute atomic E-state index is 0.0639. The van der Waals surface area contributed by atoms with E-state index in [9.17, 15) is 0 Å². The summed E-state index contributed by atoms with van der Waals surface area (Å²) in [6, 6.07) is 14.7. The number of nitrogen functional groups attached to an aromatic ring is 1.